The van der Waals surface area contributed by atoms with Gasteiger partial charge in [-0.25, -0.2) is 0 Å². The maximum absolute atomic E-state index is 9.13. The van der Waals surface area contributed by atoms with E-state index in [-0.39, 0.29) is 6.61 Å². The third kappa shape index (κ3) is 4.73. The van der Waals surface area contributed by atoms with Crippen LogP contribution in [0.3, 0.4) is 0 Å². The summed E-state index contributed by atoms with van der Waals surface area (Å²) in [5.41, 5.74) is 0. The Morgan fingerprint density at radius 3 is 2.25 bits per heavy atom. The normalized spacial score (nSPS) is 13.6. The lowest BCUT2D eigenvalue weighted by atomic mass is 10.2. The van der Waals surface area contributed by atoms with E-state index in [1.807, 2.05) is 0 Å². The minimum atomic E-state index is -1.23. The van der Waals surface area contributed by atoms with Crippen molar-refractivity contribution in [1.29, 1.82) is 0 Å². The van der Waals surface area contributed by atoms with Crippen molar-refractivity contribution in [2.45, 2.75) is 45.8 Å². The fraction of sp³-hybridized carbons (Fsp3) is 0.800. The molecular formula is C10H22OSi. The van der Waals surface area contributed by atoms with Crippen molar-refractivity contribution in [3.8, 4) is 0 Å². The van der Waals surface area contributed by atoms with Crippen LogP contribution in [0, 0.1) is 0 Å². The average Bonchev–Trinajstić information content (AvgIpc) is 1.95. The average molecular weight is 186 g/mol. The number of aliphatic hydroxyl groups excluding tert-OH is 1. The molecule has 72 valence electrons. The van der Waals surface area contributed by atoms with E-state index in [2.05, 4.69) is 32.6 Å². The van der Waals surface area contributed by atoms with Crippen molar-refractivity contribution in [2.75, 3.05) is 6.61 Å². The monoisotopic (exact) mass is 186 g/mol. The molecule has 1 nitrogen and oxygen atoms in total. The number of allylic oxidation sites excluding steroid dienone is 1. The number of rotatable bonds is 5. The molecule has 0 aliphatic heterocycles. The van der Waals surface area contributed by atoms with Crippen molar-refractivity contribution in [3.05, 3.63) is 11.3 Å². The summed E-state index contributed by atoms with van der Waals surface area (Å²) in [4.78, 5) is 0. The highest BCUT2D eigenvalue weighted by atomic mass is 28.3. The van der Waals surface area contributed by atoms with Gasteiger partial charge in [0.1, 0.15) is 0 Å². The third-order valence-electron chi connectivity index (χ3n) is 2.08. The molecular weight excluding hydrogens is 164 g/mol. The van der Waals surface area contributed by atoms with Crippen molar-refractivity contribution >= 4 is 8.07 Å². The molecule has 0 unspecified atom stereocenters. The molecule has 0 spiro atoms. The molecule has 0 heterocycles. The Labute approximate surface area is 77.5 Å². The van der Waals surface area contributed by atoms with Crippen LogP contribution in [0.15, 0.2) is 11.3 Å². The van der Waals surface area contributed by atoms with Crippen LogP contribution >= 0.6 is 0 Å². The van der Waals surface area contributed by atoms with E-state index >= 15 is 0 Å². The summed E-state index contributed by atoms with van der Waals surface area (Å²) in [5.74, 6) is 0. The zero-order valence-corrected chi connectivity index (χ0v) is 9.85. The summed E-state index contributed by atoms with van der Waals surface area (Å²) in [7, 11) is -1.23. The van der Waals surface area contributed by atoms with Crippen LogP contribution in [0.1, 0.15) is 26.2 Å². The van der Waals surface area contributed by atoms with E-state index in [1.165, 1.54) is 18.0 Å². The van der Waals surface area contributed by atoms with Gasteiger partial charge in [-0.05, 0) is 6.42 Å². The van der Waals surface area contributed by atoms with Gasteiger partial charge >= 0.3 is 0 Å². The summed E-state index contributed by atoms with van der Waals surface area (Å²) in [5, 5.41) is 10.4. The minimum Gasteiger partial charge on any atom is -0.392 e. The second kappa shape index (κ2) is 5.54. The van der Waals surface area contributed by atoms with E-state index in [4.69, 9.17) is 5.11 Å². The Morgan fingerprint density at radius 1 is 1.33 bits per heavy atom. The number of unbranched alkanes of at least 4 members (excludes halogenated alkanes) is 2. The Kier molecular flexibility index (Phi) is 5.50. The minimum absolute atomic E-state index is 0.263. The fourth-order valence-corrected chi connectivity index (χ4v) is 2.32. The predicted molar refractivity (Wildman–Crippen MR) is 58.0 cm³/mol. The lowest BCUT2D eigenvalue weighted by Crippen LogP contribution is -2.26. The van der Waals surface area contributed by atoms with E-state index in [9.17, 15) is 0 Å². The second-order valence-corrected chi connectivity index (χ2v) is 9.42. The highest BCUT2D eigenvalue weighted by molar-refractivity contribution is 6.83. The van der Waals surface area contributed by atoms with E-state index < -0.39 is 8.07 Å². The first-order chi connectivity index (χ1) is 5.52. The summed E-state index contributed by atoms with van der Waals surface area (Å²) >= 11 is 0. The Bertz CT molecular complexity index is 144. The highest BCUT2D eigenvalue weighted by Gasteiger charge is 2.17. The lowest BCUT2D eigenvalue weighted by molar-refractivity contribution is 0.337. The van der Waals surface area contributed by atoms with Gasteiger partial charge in [0.2, 0.25) is 0 Å². The van der Waals surface area contributed by atoms with E-state index in [0.29, 0.717) is 0 Å². The Hall–Kier alpha value is -0.0831. The summed E-state index contributed by atoms with van der Waals surface area (Å²) in [6.45, 7) is 9.30. The maximum Gasteiger partial charge on any atom is 0.0750 e. The Balaban J connectivity index is 4.05. The van der Waals surface area contributed by atoms with Gasteiger partial charge in [0.05, 0.1) is 14.7 Å². The first kappa shape index (κ1) is 11.9. The predicted octanol–water partition coefficient (Wildman–Crippen LogP) is 2.97. The molecule has 2 heteroatoms. The van der Waals surface area contributed by atoms with Crippen LogP contribution < -0.4 is 0 Å². The van der Waals surface area contributed by atoms with Gasteiger partial charge in [-0.2, -0.15) is 0 Å². The van der Waals surface area contributed by atoms with Crippen LogP contribution in [-0.2, 0) is 0 Å². The van der Waals surface area contributed by atoms with Gasteiger partial charge in [0.25, 0.3) is 0 Å². The topological polar surface area (TPSA) is 20.2 Å². The summed E-state index contributed by atoms with van der Waals surface area (Å²) < 4.78 is 0. The number of hydrogen-bond acceptors (Lipinski definition) is 1. The molecule has 0 aromatic heterocycles. The van der Waals surface area contributed by atoms with E-state index in [0.717, 1.165) is 6.42 Å². The molecule has 0 fully saturated rings. The maximum atomic E-state index is 9.13. The largest absolute Gasteiger partial charge is 0.392 e. The van der Waals surface area contributed by atoms with Crippen molar-refractivity contribution in [2.24, 2.45) is 0 Å². The fourth-order valence-electron chi connectivity index (χ4n) is 1.09. The van der Waals surface area contributed by atoms with Gasteiger partial charge in [0, 0.05) is 0 Å². The molecule has 0 radical (unpaired) electrons. The highest BCUT2D eigenvalue weighted by Crippen LogP contribution is 2.15. The number of hydrogen-bond donors (Lipinski definition) is 1. The van der Waals surface area contributed by atoms with Crippen LogP contribution in [0.25, 0.3) is 0 Å². The first-order valence-electron chi connectivity index (χ1n) is 4.82. The molecule has 0 aliphatic rings. The van der Waals surface area contributed by atoms with Gasteiger partial charge in [-0.3, -0.25) is 0 Å². The molecule has 0 saturated heterocycles. The van der Waals surface area contributed by atoms with E-state index in [1.54, 1.807) is 0 Å². The molecule has 0 saturated carbocycles. The Morgan fingerprint density at radius 2 is 1.92 bits per heavy atom. The summed E-state index contributed by atoms with van der Waals surface area (Å²) in [6, 6.07) is 0. The zero-order chi connectivity index (χ0) is 9.61. The zero-order valence-electron chi connectivity index (χ0n) is 8.85. The number of aliphatic hydroxyl groups is 1. The lowest BCUT2D eigenvalue weighted by Gasteiger charge is -2.18. The molecule has 0 atom stereocenters. The van der Waals surface area contributed by atoms with Crippen molar-refractivity contribution < 1.29 is 5.11 Å². The second-order valence-electron chi connectivity index (χ2n) is 4.28. The van der Waals surface area contributed by atoms with Crippen molar-refractivity contribution in [1.82, 2.24) is 0 Å². The molecule has 12 heavy (non-hydrogen) atoms. The van der Waals surface area contributed by atoms with Gasteiger partial charge in [-0.15, -0.1) is 0 Å². The van der Waals surface area contributed by atoms with Crippen LogP contribution in [0.4, 0.5) is 0 Å². The van der Waals surface area contributed by atoms with Crippen LogP contribution in [0.5, 0.6) is 0 Å². The molecule has 1 N–H and O–H groups in total. The smallest absolute Gasteiger partial charge is 0.0750 e. The van der Waals surface area contributed by atoms with Crippen LogP contribution in [0.2, 0.25) is 19.6 Å². The third-order valence-corrected chi connectivity index (χ3v) is 4.37. The van der Waals surface area contributed by atoms with Gasteiger partial charge in [0.15, 0.2) is 0 Å². The van der Waals surface area contributed by atoms with Crippen LogP contribution in [-0.4, -0.2) is 19.8 Å². The SMILES string of the molecule is CCCC/C=C(/CO)[Si](C)(C)C. The summed E-state index contributed by atoms with van der Waals surface area (Å²) in [6.07, 6.45) is 5.86. The van der Waals surface area contributed by atoms with Gasteiger partial charge < -0.3 is 5.11 Å². The van der Waals surface area contributed by atoms with Crippen molar-refractivity contribution in [3.63, 3.8) is 0 Å². The standard InChI is InChI=1S/C10H22OSi/c1-5-6-7-8-10(9-11)12(2,3)4/h8,11H,5-7,9H2,1-4H3/b10-8-. The molecule has 0 aliphatic carbocycles. The molecule has 0 rings (SSSR count). The molecule has 0 aromatic carbocycles. The quantitative estimate of drug-likeness (QED) is 0.517. The molecule has 0 bridgehead atoms. The van der Waals surface area contributed by atoms with Gasteiger partial charge in [-0.1, -0.05) is 50.7 Å². The molecule has 0 amide bonds. The first-order valence-corrected chi connectivity index (χ1v) is 8.32. The molecule has 0 aromatic rings.